The number of nitriles is 1. The first-order chi connectivity index (χ1) is 13.0. The highest BCUT2D eigenvalue weighted by Gasteiger charge is 2.07. The molecule has 5 heteroatoms. The van der Waals surface area contributed by atoms with E-state index in [0.717, 1.165) is 12.2 Å². The maximum absolute atomic E-state index is 11.2. The van der Waals surface area contributed by atoms with Crippen molar-refractivity contribution < 1.29 is 14.3 Å². The average Bonchev–Trinajstić information content (AvgIpc) is 2.69. The normalized spacial score (nSPS) is 12.1. The van der Waals surface area contributed by atoms with Gasteiger partial charge in [0.05, 0.1) is 0 Å². The van der Waals surface area contributed by atoms with E-state index in [1.165, 1.54) is 11.6 Å². The highest BCUT2D eigenvalue weighted by Crippen LogP contribution is 2.22. The zero-order valence-electron chi connectivity index (χ0n) is 15.6. The molecule has 1 amide bonds. The number of primary amides is 1. The number of carbonyl (C=O) groups excluding carboxylic acids is 1. The summed E-state index contributed by atoms with van der Waals surface area (Å²) >= 11 is 0. The van der Waals surface area contributed by atoms with Gasteiger partial charge in [-0.2, -0.15) is 5.26 Å². The summed E-state index contributed by atoms with van der Waals surface area (Å²) in [6, 6.07) is 17.0. The first-order valence-electron chi connectivity index (χ1n) is 8.91. The molecule has 2 aromatic carbocycles. The number of rotatable bonds is 9. The van der Waals surface area contributed by atoms with Gasteiger partial charge in [-0.05, 0) is 42.2 Å². The molecule has 0 saturated carbocycles. The van der Waals surface area contributed by atoms with E-state index in [9.17, 15) is 4.79 Å². The lowest BCUT2D eigenvalue weighted by Crippen LogP contribution is -2.13. The quantitative estimate of drug-likeness (QED) is 0.413. The minimum Gasteiger partial charge on any atom is -0.490 e. The average molecular weight is 364 g/mol. The van der Waals surface area contributed by atoms with Gasteiger partial charge < -0.3 is 15.2 Å². The van der Waals surface area contributed by atoms with Crippen molar-refractivity contribution in [2.75, 3.05) is 13.2 Å². The molecule has 0 saturated heterocycles. The Morgan fingerprint density at radius 3 is 2.44 bits per heavy atom. The van der Waals surface area contributed by atoms with Gasteiger partial charge in [-0.3, -0.25) is 4.79 Å². The number of hydrogen-bond donors (Lipinski definition) is 1. The lowest BCUT2D eigenvalue weighted by molar-refractivity contribution is -0.114. The molecule has 0 radical (unpaired) electrons. The van der Waals surface area contributed by atoms with Crippen LogP contribution in [0.3, 0.4) is 0 Å². The molecule has 2 N–H and O–H groups in total. The molecule has 0 aromatic heterocycles. The van der Waals surface area contributed by atoms with Crippen LogP contribution in [-0.2, 0) is 4.79 Å². The Kier molecular flexibility index (Phi) is 7.45. The molecule has 0 bridgehead atoms. The SMILES string of the molecule is CC[C@@H](C)c1ccc(OCCOc2ccccc2/C=C(/C#N)C(N)=O)cc1. The Hall–Kier alpha value is -3.26. The van der Waals surface area contributed by atoms with Gasteiger partial charge >= 0.3 is 0 Å². The molecule has 0 heterocycles. The van der Waals surface area contributed by atoms with Crippen LogP contribution in [-0.4, -0.2) is 19.1 Å². The molecule has 1 atom stereocenters. The Balaban J connectivity index is 1.93. The standard InChI is InChI=1S/C22H24N2O3/c1-3-16(2)17-8-10-20(11-9-17)26-12-13-27-21-7-5-4-6-18(21)14-19(15-23)22(24)25/h4-11,14,16H,3,12-13H2,1-2H3,(H2,24,25)/b19-14-/t16-/m1/s1. The summed E-state index contributed by atoms with van der Waals surface area (Å²) in [5.74, 6) is 1.11. The van der Waals surface area contributed by atoms with Crippen molar-refractivity contribution in [3.05, 3.63) is 65.2 Å². The number of nitrogens with two attached hydrogens (primary N) is 1. The number of hydrogen-bond acceptors (Lipinski definition) is 4. The van der Waals surface area contributed by atoms with Gasteiger partial charge in [0.15, 0.2) is 0 Å². The lowest BCUT2D eigenvalue weighted by atomic mass is 9.99. The third kappa shape index (κ3) is 5.89. The molecular formula is C22H24N2O3. The number of carbonyl (C=O) groups is 1. The molecule has 0 unspecified atom stereocenters. The number of amides is 1. The molecular weight excluding hydrogens is 340 g/mol. The lowest BCUT2D eigenvalue weighted by Gasteiger charge is -2.12. The van der Waals surface area contributed by atoms with Crippen LogP contribution in [0, 0.1) is 11.3 Å². The third-order valence-corrected chi connectivity index (χ3v) is 4.28. The summed E-state index contributed by atoms with van der Waals surface area (Å²) in [5.41, 5.74) is 6.97. The van der Waals surface area contributed by atoms with Crippen LogP contribution in [0.15, 0.2) is 54.1 Å². The Morgan fingerprint density at radius 2 is 1.81 bits per heavy atom. The zero-order valence-corrected chi connectivity index (χ0v) is 15.6. The van der Waals surface area contributed by atoms with Crippen LogP contribution in [0.1, 0.15) is 37.3 Å². The zero-order chi connectivity index (χ0) is 19.6. The summed E-state index contributed by atoms with van der Waals surface area (Å²) in [7, 11) is 0. The summed E-state index contributed by atoms with van der Waals surface area (Å²) < 4.78 is 11.4. The summed E-state index contributed by atoms with van der Waals surface area (Å²) in [4.78, 5) is 11.2. The summed E-state index contributed by atoms with van der Waals surface area (Å²) in [5, 5.41) is 8.98. The van der Waals surface area contributed by atoms with Crippen LogP contribution in [0.5, 0.6) is 11.5 Å². The van der Waals surface area contributed by atoms with Gasteiger partial charge in [0.25, 0.3) is 5.91 Å². The highest BCUT2D eigenvalue weighted by atomic mass is 16.5. The first-order valence-corrected chi connectivity index (χ1v) is 8.91. The molecule has 0 spiro atoms. The van der Waals surface area contributed by atoms with Gasteiger partial charge in [0.1, 0.15) is 36.4 Å². The van der Waals surface area contributed by atoms with Crippen molar-refractivity contribution in [3.63, 3.8) is 0 Å². The highest BCUT2D eigenvalue weighted by molar-refractivity contribution is 6.00. The number of ether oxygens (including phenoxy) is 2. The second-order valence-corrected chi connectivity index (χ2v) is 6.15. The van der Waals surface area contributed by atoms with Gasteiger partial charge in [0.2, 0.25) is 0 Å². The van der Waals surface area contributed by atoms with Gasteiger partial charge in [0, 0.05) is 5.56 Å². The molecule has 0 aliphatic carbocycles. The minimum absolute atomic E-state index is 0.122. The van der Waals surface area contributed by atoms with E-state index >= 15 is 0 Å². The van der Waals surface area contributed by atoms with E-state index in [1.807, 2.05) is 18.2 Å². The van der Waals surface area contributed by atoms with E-state index in [0.29, 0.717) is 30.4 Å². The second kappa shape index (κ2) is 10.0. The topological polar surface area (TPSA) is 85.3 Å². The predicted molar refractivity (Wildman–Crippen MR) is 105 cm³/mol. The van der Waals surface area contributed by atoms with E-state index in [4.69, 9.17) is 20.5 Å². The van der Waals surface area contributed by atoms with Crippen molar-refractivity contribution in [1.29, 1.82) is 5.26 Å². The van der Waals surface area contributed by atoms with Gasteiger partial charge in [-0.25, -0.2) is 0 Å². The van der Waals surface area contributed by atoms with Crippen LogP contribution in [0.2, 0.25) is 0 Å². The van der Waals surface area contributed by atoms with E-state index < -0.39 is 5.91 Å². The Labute approximate surface area is 160 Å². The van der Waals surface area contributed by atoms with Gasteiger partial charge in [-0.15, -0.1) is 0 Å². The number of para-hydroxylation sites is 1. The summed E-state index contributed by atoms with van der Waals surface area (Å²) in [6.07, 6.45) is 2.53. The third-order valence-electron chi connectivity index (χ3n) is 4.28. The van der Waals surface area contributed by atoms with E-state index in [2.05, 4.69) is 26.0 Å². The molecule has 0 fully saturated rings. The Morgan fingerprint density at radius 1 is 1.15 bits per heavy atom. The summed E-state index contributed by atoms with van der Waals surface area (Å²) in [6.45, 7) is 5.08. The predicted octanol–water partition coefficient (Wildman–Crippen LogP) is 4.05. The molecule has 27 heavy (non-hydrogen) atoms. The maximum atomic E-state index is 11.2. The van der Waals surface area contributed by atoms with E-state index in [1.54, 1.807) is 24.3 Å². The van der Waals surface area contributed by atoms with Crippen LogP contribution >= 0.6 is 0 Å². The van der Waals surface area contributed by atoms with Crippen molar-refractivity contribution >= 4 is 12.0 Å². The second-order valence-electron chi connectivity index (χ2n) is 6.15. The van der Waals surface area contributed by atoms with E-state index in [-0.39, 0.29) is 5.57 Å². The van der Waals surface area contributed by atoms with Crippen molar-refractivity contribution in [2.24, 2.45) is 5.73 Å². The molecule has 140 valence electrons. The van der Waals surface area contributed by atoms with Crippen LogP contribution in [0.25, 0.3) is 6.08 Å². The molecule has 0 aliphatic heterocycles. The van der Waals surface area contributed by atoms with Crippen LogP contribution < -0.4 is 15.2 Å². The number of benzene rings is 2. The van der Waals surface area contributed by atoms with Crippen molar-refractivity contribution in [1.82, 2.24) is 0 Å². The largest absolute Gasteiger partial charge is 0.490 e. The van der Waals surface area contributed by atoms with Crippen LogP contribution in [0.4, 0.5) is 0 Å². The fraction of sp³-hybridized carbons (Fsp3) is 0.273. The maximum Gasteiger partial charge on any atom is 0.259 e. The fourth-order valence-corrected chi connectivity index (χ4v) is 2.48. The Bertz CT molecular complexity index is 835. The smallest absolute Gasteiger partial charge is 0.259 e. The number of nitrogens with zero attached hydrogens (tertiary/aromatic N) is 1. The van der Waals surface area contributed by atoms with Gasteiger partial charge in [-0.1, -0.05) is 44.2 Å². The monoisotopic (exact) mass is 364 g/mol. The van der Waals surface area contributed by atoms with Crippen molar-refractivity contribution in [2.45, 2.75) is 26.2 Å². The minimum atomic E-state index is -0.767. The van der Waals surface area contributed by atoms with Crippen molar-refractivity contribution in [3.8, 4) is 17.6 Å². The molecule has 2 rings (SSSR count). The molecule has 0 aliphatic rings. The molecule has 5 nitrogen and oxygen atoms in total. The molecule has 2 aromatic rings. The fourth-order valence-electron chi connectivity index (χ4n) is 2.48. The first kappa shape index (κ1) is 20.1.